The molecule has 1 heterocycles. The molecule has 1 aliphatic rings. The summed E-state index contributed by atoms with van der Waals surface area (Å²) < 4.78 is 0. The molecule has 0 fully saturated rings. The van der Waals surface area contributed by atoms with Crippen molar-refractivity contribution in [2.24, 2.45) is 0 Å². The van der Waals surface area contributed by atoms with Gasteiger partial charge in [0.05, 0.1) is 26.4 Å². The Labute approximate surface area is 156 Å². The third-order valence-corrected chi connectivity index (χ3v) is 4.47. The molecule has 0 saturated heterocycles. The highest BCUT2D eigenvalue weighted by Gasteiger charge is 2.33. The number of nitro benzene ring substituents is 3. The van der Waals surface area contributed by atoms with Crippen LogP contribution < -0.4 is 4.90 Å². The summed E-state index contributed by atoms with van der Waals surface area (Å²) in [5, 5.41) is 43.1. The maximum Gasteiger partial charge on any atom is 0.338 e. The number of carbonyl (C=O) groups is 1. The third kappa shape index (κ3) is 3.18. The summed E-state index contributed by atoms with van der Waals surface area (Å²) in [6.45, 7) is 0.0761. The number of hydrogen-bond donors (Lipinski definition) is 1. The highest BCUT2D eigenvalue weighted by molar-refractivity contribution is 5.98. The van der Waals surface area contributed by atoms with Crippen molar-refractivity contribution >= 4 is 28.7 Å². The van der Waals surface area contributed by atoms with Crippen molar-refractivity contribution in [2.45, 2.75) is 13.0 Å². The van der Waals surface area contributed by atoms with E-state index in [1.54, 1.807) is 6.07 Å². The second kappa shape index (κ2) is 6.90. The molecule has 0 amide bonds. The second-order valence-corrected chi connectivity index (χ2v) is 6.02. The Morgan fingerprint density at radius 1 is 1.00 bits per heavy atom. The number of benzene rings is 2. The lowest BCUT2D eigenvalue weighted by molar-refractivity contribution is -0.393. The van der Waals surface area contributed by atoms with Gasteiger partial charge in [-0.05, 0) is 12.0 Å². The van der Waals surface area contributed by atoms with E-state index in [1.807, 2.05) is 0 Å². The average molecular weight is 388 g/mol. The number of nitro groups is 3. The van der Waals surface area contributed by atoms with Crippen LogP contribution in [-0.4, -0.2) is 32.4 Å². The Balaban J connectivity index is 2.15. The normalized spacial score (nSPS) is 12.9. The van der Waals surface area contributed by atoms with Crippen LogP contribution in [0.25, 0.3) is 0 Å². The first-order chi connectivity index (χ1) is 13.2. The van der Waals surface area contributed by atoms with Crippen molar-refractivity contribution in [3.63, 3.8) is 0 Å². The number of anilines is 1. The predicted molar refractivity (Wildman–Crippen MR) is 94.6 cm³/mol. The van der Waals surface area contributed by atoms with E-state index >= 15 is 0 Å². The van der Waals surface area contributed by atoms with Crippen LogP contribution in [0.1, 0.15) is 21.5 Å². The van der Waals surface area contributed by atoms with Gasteiger partial charge in [-0.2, -0.15) is 0 Å². The number of non-ortho nitro benzene ring substituents is 1. The lowest BCUT2D eigenvalue weighted by Crippen LogP contribution is -2.32. The smallest absolute Gasteiger partial charge is 0.338 e. The molecule has 0 unspecified atom stereocenters. The van der Waals surface area contributed by atoms with E-state index in [0.717, 1.165) is 6.07 Å². The van der Waals surface area contributed by atoms with Gasteiger partial charge in [0.15, 0.2) is 0 Å². The fourth-order valence-electron chi connectivity index (χ4n) is 3.30. The highest BCUT2D eigenvalue weighted by Crippen LogP contribution is 2.39. The van der Waals surface area contributed by atoms with Gasteiger partial charge >= 0.3 is 5.97 Å². The van der Waals surface area contributed by atoms with Gasteiger partial charge in [-0.25, -0.2) is 4.79 Å². The summed E-state index contributed by atoms with van der Waals surface area (Å²) in [5.74, 6) is -1.55. The maximum atomic E-state index is 11.6. The van der Waals surface area contributed by atoms with Crippen LogP contribution in [0.4, 0.5) is 22.7 Å². The third-order valence-electron chi connectivity index (χ3n) is 4.47. The van der Waals surface area contributed by atoms with Gasteiger partial charge < -0.3 is 10.0 Å². The molecule has 1 aliphatic heterocycles. The van der Waals surface area contributed by atoms with Gasteiger partial charge in [0.1, 0.15) is 5.69 Å². The molecule has 0 radical (unpaired) electrons. The molecule has 28 heavy (non-hydrogen) atoms. The Hall–Kier alpha value is -4.09. The minimum absolute atomic E-state index is 0.00402. The van der Waals surface area contributed by atoms with Crippen molar-refractivity contribution in [3.8, 4) is 0 Å². The molecule has 0 saturated carbocycles. The topological polar surface area (TPSA) is 170 Å². The molecule has 3 rings (SSSR count). The second-order valence-electron chi connectivity index (χ2n) is 6.02. The fourth-order valence-corrected chi connectivity index (χ4v) is 3.30. The van der Waals surface area contributed by atoms with Crippen LogP contribution in [0.15, 0.2) is 30.3 Å². The SMILES string of the molecule is O=C(O)c1cc([N+](=O)[O-])cc([N+](=O)[O-])c1N1CCc2c(cccc2[N+](=O)[O-])C1. The molecule has 0 spiro atoms. The van der Waals surface area contributed by atoms with Gasteiger partial charge in [-0.15, -0.1) is 0 Å². The van der Waals surface area contributed by atoms with Gasteiger partial charge in [-0.1, -0.05) is 12.1 Å². The average Bonchev–Trinajstić information content (AvgIpc) is 2.65. The number of fused-ring (bicyclic) bond motifs is 1. The van der Waals surface area contributed by atoms with Crippen LogP contribution >= 0.6 is 0 Å². The van der Waals surface area contributed by atoms with Gasteiger partial charge in [-0.3, -0.25) is 30.3 Å². The first-order valence-electron chi connectivity index (χ1n) is 7.91. The lowest BCUT2D eigenvalue weighted by Gasteiger charge is -2.30. The first-order valence-corrected chi connectivity index (χ1v) is 7.91. The molecule has 2 aromatic rings. The van der Waals surface area contributed by atoms with E-state index in [9.17, 15) is 40.2 Å². The van der Waals surface area contributed by atoms with Crippen molar-refractivity contribution < 1.29 is 24.7 Å². The first kappa shape index (κ1) is 18.7. The van der Waals surface area contributed by atoms with Crippen LogP contribution in [0.5, 0.6) is 0 Å². The zero-order chi connectivity index (χ0) is 20.6. The van der Waals surface area contributed by atoms with E-state index in [4.69, 9.17) is 0 Å². The van der Waals surface area contributed by atoms with E-state index < -0.39 is 37.7 Å². The zero-order valence-electron chi connectivity index (χ0n) is 14.1. The number of nitrogens with zero attached hydrogens (tertiary/aromatic N) is 4. The molecular weight excluding hydrogens is 376 g/mol. The summed E-state index contributed by atoms with van der Waals surface area (Å²) in [5.41, 5.74) is -1.32. The van der Waals surface area contributed by atoms with Crippen LogP contribution in [0, 0.1) is 30.3 Å². The van der Waals surface area contributed by atoms with Crippen LogP contribution in [0.3, 0.4) is 0 Å². The van der Waals surface area contributed by atoms with Crippen LogP contribution in [0.2, 0.25) is 0 Å². The minimum atomic E-state index is -1.55. The predicted octanol–water partition coefficient (Wildman–Crippen LogP) is 2.67. The molecule has 0 atom stereocenters. The van der Waals surface area contributed by atoms with Crippen LogP contribution in [-0.2, 0) is 13.0 Å². The Morgan fingerprint density at radius 2 is 1.68 bits per heavy atom. The fraction of sp³-hybridized carbons (Fsp3) is 0.188. The standard InChI is InChI=1S/C16H12N4O8/c21-16(22)12-6-10(18(23)24)7-14(20(27)28)15(12)17-5-4-11-9(8-17)2-1-3-13(11)19(25)26/h1-3,6-7H,4-5,8H2,(H,21,22). The van der Waals surface area contributed by atoms with Gasteiger partial charge in [0, 0.05) is 30.8 Å². The van der Waals surface area contributed by atoms with Crippen molar-refractivity contribution in [3.05, 3.63) is 77.4 Å². The van der Waals surface area contributed by atoms with Gasteiger partial charge in [0.2, 0.25) is 0 Å². The molecule has 0 aromatic heterocycles. The van der Waals surface area contributed by atoms with E-state index in [2.05, 4.69) is 0 Å². The lowest BCUT2D eigenvalue weighted by atomic mass is 9.96. The van der Waals surface area contributed by atoms with E-state index in [0.29, 0.717) is 17.2 Å². The minimum Gasteiger partial charge on any atom is -0.478 e. The quantitative estimate of drug-likeness (QED) is 0.597. The summed E-state index contributed by atoms with van der Waals surface area (Å²) >= 11 is 0. The molecule has 144 valence electrons. The maximum absolute atomic E-state index is 11.6. The van der Waals surface area contributed by atoms with Crippen molar-refractivity contribution in [1.82, 2.24) is 0 Å². The Kier molecular flexibility index (Phi) is 4.61. The zero-order valence-corrected chi connectivity index (χ0v) is 14.1. The number of carboxylic acid groups (broad SMARTS) is 1. The summed E-state index contributed by atoms with van der Waals surface area (Å²) in [7, 11) is 0. The van der Waals surface area contributed by atoms with E-state index in [-0.39, 0.29) is 30.9 Å². The van der Waals surface area contributed by atoms with Gasteiger partial charge in [0.25, 0.3) is 17.1 Å². The highest BCUT2D eigenvalue weighted by atomic mass is 16.6. The number of carboxylic acids is 1. The molecular formula is C16H12N4O8. The molecule has 2 aromatic carbocycles. The van der Waals surface area contributed by atoms with Crippen molar-refractivity contribution in [1.29, 1.82) is 0 Å². The molecule has 12 nitrogen and oxygen atoms in total. The van der Waals surface area contributed by atoms with Crippen molar-refractivity contribution in [2.75, 3.05) is 11.4 Å². The summed E-state index contributed by atoms with van der Waals surface area (Å²) in [6, 6.07) is 5.93. The molecule has 1 N–H and O–H groups in total. The summed E-state index contributed by atoms with van der Waals surface area (Å²) in [6.07, 6.45) is 0.166. The monoisotopic (exact) mass is 388 g/mol. The number of rotatable bonds is 5. The number of hydrogen-bond acceptors (Lipinski definition) is 8. The number of aromatic carboxylic acids is 1. The Morgan fingerprint density at radius 3 is 2.25 bits per heavy atom. The largest absolute Gasteiger partial charge is 0.478 e. The van der Waals surface area contributed by atoms with E-state index in [1.165, 1.54) is 17.0 Å². The molecule has 12 heteroatoms. The summed E-state index contributed by atoms with van der Waals surface area (Å²) in [4.78, 5) is 44.4. The molecule has 0 bridgehead atoms. The Bertz CT molecular complexity index is 1000. The molecule has 0 aliphatic carbocycles.